The molecule has 1 aromatic carbocycles. The summed E-state index contributed by atoms with van der Waals surface area (Å²) in [4.78, 5) is 18.6. The van der Waals surface area contributed by atoms with Gasteiger partial charge in [-0.1, -0.05) is 24.3 Å². The van der Waals surface area contributed by atoms with E-state index in [1.807, 2.05) is 45.0 Å². The molecule has 1 saturated heterocycles. The van der Waals surface area contributed by atoms with Gasteiger partial charge in [-0.05, 0) is 38.6 Å². The Kier molecular flexibility index (Phi) is 4.49. The topological polar surface area (TPSA) is 78.2 Å². The van der Waals surface area contributed by atoms with Crippen molar-refractivity contribution in [2.24, 2.45) is 0 Å². The zero-order chi connectivity index (χ0) is 18.0. The van der Waals surface area contributed by atoms with Gasteiger partial charge in [-0.15, -0.1) is 0 Å². The second kappa shape index (κ2) is 6.60. The molecule has 25 heavy (non-hydrogen) atoms. The minimum Gasteiger partial charge on any atom is -0.444 e. The minimum atomic E-state index is -0.513. The normalized spacial score (nSPS) is 17.4. The summed E-state index contributed by atoms with van der Waals surface area (Å²) in [5.41, 5.74) is -0.112. The van der Waals surface area contributed by atoms with Gasteiger partial charge in [0.15, 0.2) is 0 Å². The second-order valence-corrected chi connectivity index (χ2v) is 7.24. The quantitative estimate of drug-likeness (QED) is 0.910. The monoisotopic (exact) mass is 338 g/mol. The van der Waals surface area contributed by atoms with Crippen LogP contribution in [0.15, 0.2) is 30.3 Å². The van der Waals surface area contributed by atoms with Gasteiger partial charge in [0.1, 0.15) is 23.2 Å². The van der Waals surface area contributed by atoms with E-state index in [2.05, 4.69) is 21.3 Å². The van der Waals surface area contributed by atoms with E-state index >= 15 is 0 Å². The van der Waals surface area contributed by atoms with Crippen molar-refractivity contribution in [3.8, 4) is 6.07 Å². The summed E-state index contributed by atoms with van der Waals surface area (Å²) in [6.07, 6.45) is 0.411. The van der Waals surface area contributed by atoms with Gasteiger partial charge in [0.25, 0.3) is 0 Å². The van der Waals surface area contributed by atoms with E-state index in [1.54, 1.807) is 6.07 Å². The Morgan fingerprint density at radius 3 is 2.88 bits per heavy atom. The number of amides is 1. The molecular weight excluding hydrogens is 316 g/mol. The first kappa shape index (κ1) is 17.0. The Bertz CT molecular complexity index is 835. The largest absolute Gasteiger partial charge is 0.444 e. The number of hydrogen-bond acceptors (Lipinski definition) is 5. The predicted molar refractivity (Wildman–Crippen MR) is 96.4 cm³/mol. The third-order valence-corrected chi connectivity index (χ3v) is 4.04. The van der Waals surface area contributed by atoms with E-state index in [0.29, 0.717) is 12.2 Å². The third-order valence-electron chi connectivity index (χ3n) is 4.04. The molecule has 0 radical (unpaired) electrons. The van der Waals surface area contributed by atoms with Crippen LogP contribution in [0.3, 0.4) is 0 Å². The van der Waals surface area contributed by atoms with Crippen LogP contribution in [-0.4, -0.2) is 35.8 Å². The van der Waals surface area contributed by atoms with Crippen LogP contribution in [0.4, 0.5) is 10.6 Å². The molecule has 1 N–H and O–H groups in total. The smallest absolute Gasteiger partial charge is 0.407 e. The van der Waals surface area contributed by atoms with Gasteiger partial charge in [-0.25, -0.2) is 9.78 Å². The summed E-state index contributed by atoms with van der Waals surface area (Å²) in [7, 11) is 0. The Hall–Kier alpha value is -2.81. The van der Waals surface area contributed by atoms with Crippen molar-refractivity contribution in [3.63, 3.8) is 0 Å². The lowest BCUT2D eigenvalue weighted by atomic mass is 10.1. The van der Waals surface area contributed by atoms with Crippen LogP contribution in [0.25, 0.3) is 10.8 Å². The molecule has 1 unspecified atom stereocenters. The van der Waals surface area contributed by atoms with Crippen LogP contribution in [0.2, 0.25) is 0 Å². The molecule has 2 aromatic rings. The van der Waals surface area contributed by atoms with Gasteiger partial charge in [0.05, 0.1) is 6.04 Å². The van der Waals surface area contributed by atoms with Gasteiger partial charge >= 0.3 is 6.09 Å². The maximum atomic E-state index is 12.0. The van der Waals surface area contributed by atoms with Crippen LogP contribution in [0.5, 0.6) is 0 Å². The zero-order valence-corrected chi connectivity index (χ0v) is 14.7. The zero-order valence-electron chi connectivity index (χ0n) is 14.7. The molecule has 1 fully saturated rings. The van der Waals surface area contributed by atoms with Crippen molar-refractivity contribution in [1.82, 2.24) is 10.3 Å². The molecule has 1 aliphatic heterocycles. The molecule has 6 nitrogen and oxygen atoms in total. The van der Waals surface area contributed by atoms with E-state index < -0.39 is 11.7 Å². The highest BCUT2D eigenvalue weighted by Crippen LogP contribution is 2.28. The molecular formula is C19H22N4O2. The number of nitriles is 1. The SMILES string of the molecule is CC(C)(C)OC(=O)NC1CCN(c2nc(C#N)cc3ccccc23)C1. The number of pyridine rings is 1. The predicted octanol–water partition coefficient (Wildman–Crippen LogP) is 3.21. The number of alkyl carbamates (subject to hydrolysis) is 1. The number of carbonyl (C=O) groups excluding carboxylic acids is 1. The van der Waals surface area contributed by atoms with Crippen LogP contribution in [0, 0.1) is 11.3 Å². The summed E-state index contributed by atoms with van der Waals surface area (Å²) in [6.45, 7) is 6.95. The highest BCUT2D eigenvalue weighted by atomic mass is 16.6. The average molecular weight is 338 g/mol. The molecule has 130 valence electrons. The van der Waals surface area contributed by atoms with Crippen molar-refractivity contribution in [2.75, 3.05) is 18.0 Å². The maximum Gasteiger partial charge on any atom is 0.407 e. The number of benzene rings is 1. The highest BCUT2D eigenvalue weighted by molar-refractivity contribution is 5.93. The molecule has 1 aromatic heterocycles. The minimum absolute atomic E-state index is 0.00107. The lowest BCUT2D eigenvalue weighted by Gasteiger charge is -2.22. The molecule has 1 amide bonds. The standard InChI is InChI=1S/C19H22N4O2/c1-19(2,3)25-18(24)22-14-8-9-23(12-14)17-16-7-5-4-6-13(16)10-15(11-20)21-17/h4-7,10,14H,8-9,12H2,1-3H3,(H,22,24). The molecule has 0 spiro atoms. The van der Waals surface area contributed by atoms with E-state index in [4.69, 9.17) is 4.74 Å². The Labute approximate surface area is 147 Å². The van der Waals surface area contributed by atoms with Crippen molar-refractivity contribution < 1.29 is 9.53 Å². The van der Waals surface area contributed by atoms with Crippen molar-refractivity contribution in [3.05, 3.63) is 36.0 Å². The Morgan fingerprint density at radius 2 is 2.16 bits per heavy atom. The number of ether oxygens (including phenoxy) is 1. The molecule has 1 aliphatic rings. The molecule has 0 saturated carbocycles. The van der Waals surface area contributed by atoms with Crippen LogP contribution < -0.4 is 10.2 Å². The number of fused-ring (bicyclic) bond motifs is 1. The fraction of sp³-hybridized carbons (Fsp3) is 0.421. The lowest BCUT2D eigenvalue weighted by molar-refractivity contribution is 0.0509. The highest BCUT2D eigenvalue weighted by Gasteiger charge is 2.28. The van der Waals surface area contributed by atoms with E-state index in [-0.39, 0.29) is 6.04 Å². The van der Waals surface area contributed by atoms with Crippen molar-refractivity contribution in [1.29, 1.82) is 5.26 Å². The maximum absolute atomic E-state index is 12.0. The number of carbonyl (C=O) groups is 1. The third kappa shape index (κ3) is 4.00. The van der Waals surface area contributed by atoms with Gasteiger partial charge in [-0.3, -0.25) is 0 Å². The lowest BCUT2D eigenvalue weighted by Crippen LogP contribution is -2.40. The van der Waals surface area contributed by atoms with E-state index in [9.17, 15) is 10.1 Å². The van der Waals surface area contributed by atoms with Gasteiger partial charge < -0.3 is 15.0 Å². The second-order valence-electron chi connectivity index (χ2n) is 7.24. The summed E-state index contributed by atoms with van der Waals surface area (Å²) < 4.78 is 5.32. The summed E-state index contributed by atoms with van der Waals surface area (Å²) in [5.74, 6) is 0.795. The summed E-state index contributed by atoms with van der Waals surface area (Å²) >= 11 is 0. The molecule has 1 atom stereocenters. The average Bonchev–Trinajstić information content (AvgIpc) is 3.00. The molecule has 2 heterocycles. The molecule has 0 aliphatic carbocycles. The first-order valence-electron chi connectivity index (χ1n) is 8.40. The van der Waals surface area contributed by atoms with Gasteiger partial charge in [-0.2, -0.15) is 5.26 Å². The van der Waals surface area contributed by atoms with Gasteiger partial charge in [0, 0.05) is 18.5 Å². The van der Waals surface area contributed by atoms with Crippen LogP contribution >= 0.6 is 0 Å². The summed E-state index contributed by atoms with van der Waals surface area (Å²) in [5, 5.41) is 14.2. The Morgan fingerprint density at radius 1 is 1.40 bits per heavy atom. The van der Waals surface area contributed by atoms with E-state index in [1.165, 1.54) is 0 Å². The van der Waals surface area contributed by atoms with Gasteiger partial charge in [0.2, 0.25) is 0 Å². The first-order chi connectivity index (χ1) is 11.9. The van der Waals surface area contributed by atoms with Crippen molar-refractivity contribution >= 4 is 22.7 Å². The van der Waals surface area contributed by atoms with Crippen LogP contribution in [-0.2, 0) is 4.74 Å². The molecule has 0 bridgehead atoms. The number of aromatic nitrogens is 1. The number of nitrogens with zero attached hydrogens (tertiary/aromatic N) is 3. The molecule has 6 heteroatoms. The molecule has 3 rings (SSSR count). The number of rotatable bonds is 2. The number of hydrogen-bond donors (Lipinski definition) is 1. The summed E-state index contributed by atoms with van der Waals surface area (Å²) in [6, 6.07) is 11.8. The van der Waals surface area contributed by atoms with Crippen molar-refractivity contribution in [2.45, 2.75) is 38.8 Å². The number of anilines is 1. The number of nitrogens with one attached hydrogen (secondary N) is 1. The first-order valence-corrected chi connectivity index (χ1v) is 8.40. The Balaban J connectivity index is 1.77. The fourth-order valence-corrected chi connectivity index (χ4v) is 3.02. The van der Waals surface area contributed by atoms with E-state index in [0.717, 1.165) is 29.6 Å². The fourth-order valence-electron chi connectivity index (χ4n) is 3.02. The van der Waals surface area contributed by atoms with Crippen LogP contribution in [0.1, 0.15) is 32.9 Å².